The Balaban J connectivity index is 1.95. The molecule has 1 aromatic rings. The lowest BCUT2D eigenvalue weighted by molar-refractivity contribution is -0.136. The normalized spacial score (nSPS) is 25.7. The van der Waals surface area contributed by atoms with Gasteiger partial charge in [0.05, 0.1) is 25.8 Å². The van der Waals surface area contributed by atoms with E-state index in [1.54, 1.807) is 7.11 Å². The molecule has 2 amide bonds. The average Bonchev–Trinajstić information content (AvgIpc) is 2.66. The number of nitrogens with zero attached hydrogens (tertiary/aromatic N) is 1. The number of piperidine rings is 1. The number of hydrogen-bond acceptors (Lipinski definition) is 5. The molecule has 0 bridgehead atoms. The Kier molecular flexibility index (Phi) is 6.24. The maximum atomic E-state index is 12.6. The second-order valence-corrected chi connectivity index (χ2v) is 7.83. The van der Waals surface area contributed by atoms with Crippen molar-refractivity contribution in [2.45, 2.75) is 26.3 Å². The molecule has 7 nitrogen and oxygen atoms in total. The first kappa shape index (κ1) is 20.2. The molecule has 3 rings (SSSR count). The Morgan fingerprint density at radius 2 is 1.79 bits per heavy atom. The summed E-state index contributed by atoms with van der Waals surface area (Å²) in [7, 11) is 2.96. The van der Waals surface area contributed by atoms with E-state index in [0.717, 1.165) is 18.7 Å². The van der Waals surface area contributed by atoms with E-state index in [9.17, 15) is 9.59 Å². The number of esters is 1. The molecule has 0 saturated carbocycles. The van der Waals surface area contributed by atoms with Crippen molar-refractivity contribution in [2.75, 3.05) is 33.9 Å². The van der Waals surface area contributed by atoms with Crippen LogP contribution in [0, 0.1) is 11.8 Å². The molecule has 7 heteroatoms. The SMILES string of the molecule is COC(=O)C1=C(CN2C[C@@H](C)C[C@H](C)C2)NC(=O)N[C@H]1c1ccc(OC)cc1. The Hall–Kier alpha value is -2.54. The lowest BCUT2D eigenvalue weighted by atomic mass is 9.91. The first-order valence-electron chi connectivity index (χ1n) is 9.66. The van der Waals surface area contributed by atoms with Crippen molar-refractivity contribution < 1.29 is 19.1 Å². The Labute approximate surface area is 166 Å². The van der Waals surface area contributed by atoms with Gasteiger partial charge in [-0.25, -0.2) is 9.59 Å². The van der Waals surface area contributed by atoms with Crippen LogP contribution < -0.4 is 15.4 Å². The highest BCUT2D eigenvalue weighted by molar-refractivity contribution is 5.95. The molecule has 1 fully saturated rings. The monoisotopic (exact) mass is 387 g/mol. The van der Waals surface area contributed by atoms with E-state index in [4.69, 9.17) is 9.47 Å². The fraction of sp³-hybridized carbons (Fsp3) is 0.524. The van der Waals surface area contributed by atoms with Gasteiger partial charge in [-0.1, -0.05) is 26.0 Å². The highest BCUT2D eigenvalue weighted by atomic mass is 16.5. The summed E-state index contributed by atoms with van der Waals surface area (Å²) in [6, 6.07) is 6.43. The quantitative estimate of drug-likeness (QED) is 0.759. The van der Waals surface area contributed by atoms with Gasteiger partial charge in [-0.15, -0.1) is 0 Å². The summed E-state index contributed by atoms with van der Waals surface area (Å²) >= 11 is 0. The fourth-order valence-corrected chi connectivity index (χ4v) is 4.28. The smallest absolute Gasteiger partial charge is 0.338 e. The van der Waals surface area contributed by atoms with Crippen LogP contribution >= 0.6 is 0 Å². The first-order chi connectivity index (χ1) is 13.4. The van der Waals surface area contributed by atoms with E-state index in [2.05, 4.69) is 29.4 Å². The molecule has 0 unspecified atom stereocenters. The predicted molar refractivity (Wildman–Crippen MR) is 106 cm³/mol. The Morgan fingerprint density at radius 3 is 2.36 bits per heavy atom. The number of benzene rings is 1. The molecule has 0 radical (unpaired) electrons. The molecular formula is C21H29N3O4. The third-order valence-electron chi connectivity index (χ3n) is 5.33. The minimum Gasteiger partial charge on any atom is -0.497 e. The number of urea groups is 1. The summed E-state index contributed by atoms with van der Waals surface area (Å²) in [5, 5.41) is 5.70. The third kappa shape index (κ3) is 4.47. The lowest BCUT2D eigenvalue weighted by Crippen LogP contribution is -2.50. The molecule has 0 aromatic heterocycles. The van der Waals surface area contributed by atoms with Crippen molar-refractivity contribution >= 4 is 12.0 Å². The summed E-state index contributed by atoms with van der Waals surface area (Å²) in [5.74, 6) is 1.44. The van der Waals surface area contributed by atoms with Gasteiger partial charge in [-0.05, 0) is 36.0 Å². The molecule has 1 aromatic carbocycles. The number of likely N-dealkylation sites (tertiary alicyclic amines) is 1. The lowest BCUT2D eigenvalue weighted by Gasteiger charge is -2.37. The number of amides is 2. The minimum atomic E-state index is -0.568. The molecule has 0 aliphatic carbocycles. The van der Waals surface area contributed by atoms with Crippen molar-refractivity contribution in [2.24, 2.45) is 11.8 Å². The zero-order valence-electron chi connectivity index (χ0n) is 17.0. The Morgan fingerprint density at radius 1 is 1.14 bits per heavy atom. The summed E-state index contributed by atoms with van der Waals surface area (Å²) in [4.78, 5) is 27.3. The number of ether oxygens (including phenoxy) is 2. The van der Waals surface area contributed by atoms with Gasteiger partial charge in [-0.3, -0.25) is 4.90 Å². The van der Waals surface area contributed by atoms with Crippen LogP contribution in [0.1, 0.15) is 31.9 Å². The second-order valence-electron chi connectivity index (χ2n) is 7.83. The molecule has 2 heterocycles. The predicted octanol–water partition coefficient (Wildman–Crippen LogP) is 2.45. The van der Waals surface area contributed by atoms with Crippen LogP contribution in [0.5, 0.6) is 5.75 Å². The van der Waals surface area contributed by atoms with Crippen molar-refractivity contribution in [1.29, 1.82) is 0 Å². The van der Waals surface area contributed by atoms with E-state index in [1.807, 2.05) is 24.3 Å². The highest BCUT2D eigenvalue weighted by Gasteiger charge is 2.35. The van der Waals surface area contributed by atoms with Gasteiger partial charge in [0.2, 0.25) is 0 Å². The summed E-state index contributed by atoms with van der Waals surface area (Å²) in [6.45, 7) is 6.87. The third-order valence-corrected chi connectivity index (χ3v) is 5.33. The molecule has 1 saturated heterocycles. The van der Waals surface area contributed by atoms with Crippen molar-refractivity contribution in [3.63, 3.8) is 0 Å². The molecule has 0 spiro atoms. The van der Waals surface area contributed by atoms with Crippen LogP contribution in [-0.4, -0.2) is 50.8 Å². The van der Waals surface area contributed by atoms with Crippen LogP contribution in [0.25, 0.3) is 0 Å². The molecule has 2 N–H and O–H groups in total. The van der Waals surface area contributed by atoms with Gasteiger partial charge < -0.3 is 20.1 Å². The molecule has 28 heavy (non-hydrogen) atoms. The van der Waals surface area contributed by atoms with Crippen LogP contribution in [0.3, 0.4) is 0 Å². The topological polar surface area (TPSA) is 79.9 Å². The second kappa shape index (κ2) is 8.65. The summed E-state index contributed by atoms with van der Waals surface area (Å²) in [6.07, 6.45) is 1.20. The maximum Gasteiger partial charge on any atom is 0.338 e. The van der Waals surface area contributed by atoms with E-state index < -0.39 is 12.0 Å². The Bertz CT molecular complexity index is 749. The minimum absolute atomic E-state index is 0.318. The van der Waals surface area contributed by atoms with Gasteiger partial charge in [0.15, 0.2) is 0 Å². The van der Waals surface area contributed by atoms with Gasteiger partial charge in [0, 0.05) is 25.3 Å². The average molecular weight is 387 g/mol. The number of carbonyl (C=O) groups excluding carboxylic acids is 2. The number of rotatable bonds is 5. The first-order valence-corrected chi connectivity index (χ1v) is 9.66. The maximum absolute atomic E-state index is 12.6. The zero-order chi connectivity index (χ0) is 20.3. The molecule has 3 atom stereocenters. The van der Waals surface area contributed by atoms with Crippen molar-refractivity contribution in [3.05, 3.63) is 41.1 Å². The van der Waals surface area contributed by atoms with E-state index >= 15 is 0 Å². The van der Waals surface area contributed by atoms with Crippen LogP contribution in [0.2, 0.25) is 0 Å². The summed E-state index contributed by atoms with van der Waals surface area (Å²) < 4.78 is 10.3. The van der Waals surface area contributed by atoms with Crippen molar-refractivity contribution in [1.82, 2.24) is 15.5 Å². The molecule has 152 valence electrons. The highest BCUT2D eigenvalue weighted by Crippen LogP contribution is 2.30. The standard InChI is InChI=1S/C21H29N3O4/c1-13-9-14(2)11-24(10-13)12-17-18(20(25)28-4)19(23-21(26)22-17)15-5-7-16(27-3)8-6-15/h5-8,13-14,19H,9-12H2,1-4H3,(H2,22,23,26)/t13-,14-,19-/m0/s1. The van der Waals surface area contributed by atoms with E-state index in [-0.39, 0.29) is 6.03 Å². The zero-order valence-corrected chi connectivity index (χ0v) is 17.0. The summed E-state index contributed by atoms with van der Waals surface area (Å²) in [5.41, 5.74) is 1.85. The number of nitrogens with one attached hydrogen (secondary N) is 2. The van der Waals surface area contributed by atoms with Gasteiger partial charge in [0.1, 0.15) is 5.75 Å². The van der Waals surface area contributed by atoms with E-state index in [0.29, 0.717) is 35.4 Å². The molecule has 2 aliphatic heterocycles. The van der Waals surface area contributed by atoms with Gasteiger partial charge >= 0.3 is 12.0 Å². The fourth-order valence-electron chi connectivity index (χ4n) is 4.28. The van der Waals surface area contributed by atoms with Gasteiger partial charge in [-0.2, -0.15) is 0 Å². The van der Waals surface area contributed by atoms with Crippen molar-refractivity contribution in [3.8, 4) is 5.75 Å². The number of carbonyl (C=O) groups is 2. The van der Waals surface area contributed by atoms with Crippen LogP contribution in [0.15, 0.2) is 35.5 Å². The number of hydrogen-bond donors (Lipinski definition) is 2. The van der Waals surface area contributed by atoms with Gasteiger partial charge in [0.25, 0.3) is 0 Å². The van der Waals surface area contributed by atoms with Crippen LogP contribution in [0.4, 0.5) is 4.79 Å². The molecule has 2 aliphatic rings. The van der Waals surface area contributed by atoms with Crippen LogP contribution in [-0.2, 0) is 9.53 Å². The van der Waals surface area contributed by atoms with E-state index in [1.165, 1.54) is 13.5 Å². The molecular weight excluding hydrogens is 358 g/mol. The number of methoxy groups -OCH3 is 2. The largest absolute Gasteiger partial charge is 0.497 e.